The van der Waals surface area contributed by atoms with E-state index in [0.29, 0.717) is 12.5 Å². The van der Waals surface area contributed by atoms with Crippen LogP contribution in [-0.2, 0) is 28.6 Å². The molecule has 0 fully saturated rings. The minimum Gasteiger partial charge on any atom is -0.462 e. The lowest BCUT2D eigenvalue weighted by molar-refractivity contribution is -0.175. The van der Waals surface area contributed by atoms with Gasteiger partial charge in [-0.2, -0.15) is 0 Å². The molecule has 0 aliphatic rings. The lowest BCUT2D eigenvalue weighted by Crippen LogP contribution is -2.33. The van der Waals surface area contributed by atoms with Gasteiger partial charge in [0.25, 0.3) is 0 Å². The first-order valence-corrected chi connectivity index (χ1v) is 6.72. The molecule has 120 valence electrons. The molecule has 21 heavy (non-hydrogen) atoms. The zero-order valence-corrected chi connectivity index (χ0v) is 12.7. The number of carbonyl (C=O) groups excluding carboxylic acids is 3. The van der Waals surface area contributed by atoms with Crippen LogP contribution in [-0.4, -0.2) is 43.9 Å². The molecule has 1 atom stereocenters. The highest BCUT2D eigenvalue weighted by Crippen LogP contribution is 1.99. The molecule has 7 heteroatoms. The van der Waals surface area contributed by atoms with E-state index in [-0.39, 0.29) is 19.6 Å². The number of amides is 1. The maximum Gasteiger partial charge on any atom is 0.330 e. The van der Waals surface area contributed by atoms with Crippen LogP contribution in [0, 0.1) is 5.92 Å². The summed E-state index contributed by atoms with van der Waals surface area (Å²) in [7, 11) is 0. The molecule has 1 amide bonds. The van der Waals surface area contributed by atoms with Crippen LogP contribution >= 0.6 is 0 Å². The minimum atomic E-state index is -0.662. The van der Waals surface area contributed by atoms with Gasteiger partial charge in [0.1, 0.15) is 13.2 Å². The molecule has 0 heterocycles. The van der Waals surface area contributed by atoms with Gasteiger partial charge in [-0.25, -0.2) is 4.79 Å². The Hall–Kier alpha value is -1.89. The molecule has 1 unspecified atom stereocenters. The Morgan fingerprint density at radius 2 is 1.90 bits per heavy atom. The minimum absolute atomic E-state index is 0.0355. The first-order chi connectivity index (χ1) is 9.85. The van der Waals surface area contributed by atoms with Gasteiger partial charge in [0.15, 0.2) is 6.29 Å². The van der Waals surface area contributed by atoms with Gasteiger partial charge in [-0.05, 0) is 12.8 Å². The normalized spacial score (nSPS) is 11.6. The van der Waals surface area contributed by atoms with Crippen LogP contribution in [0.5, 0.6) is 0 Å². The van der Waals surface area contributed by atoms with Gasteiger partial charge in [-0.3, -0.25) is 9.59 Å². The summed E-state index contributed by atoms with van der Waals surface area (Å²) in [6, 6.07) is 0. The van der Waals surface area contributed by atoms with Crippen molar-refractivity contribution in [1.29, 1.82) is 0 Å². The van der Waals surface area contributed by atoms with Gasteiger partial charge < -0.3 is 19.5 Å². The highest BCUT2D eigenvalue weighted by molar-refractivity contribution is 5.83. The van der Waals surface area contributed by atoms with Crippen LogP contribution in [0.1, 0.15) is 27.2 Å². The predicted octanol–water partition coefficient (Wildman–Crippen LogP) is 0.784. The third-order valence-corrected chi connectivity index (χ3v) is 2.13. The number of rotatable bonds is 10. The fraction of sp³-hybridized carbons (Fsp3) is 0.643. The Morgan fingerprint density at radius 3 is 2.48 bits per heavy atom. The number of esters is 2. The SMILES string of the molecule is C=CC(=O)OCCC(=O)NCC(=O)OC(C)OCC(C)C. The van der Waals surface area contributed by atoms with E-state index in [1.165, 1.54) is 0 Å². The summed E-state index contributed by atoms with van der Waals surface area (Å²) in [5.74, 6) is -1.27. The number of hydrogen-bond donors (Lipinski definition) is 1. The smallest absolute Gasteiger partial charge is 0.330 e. The molecule has 0 aromatic rings. The Balaban J connectivity index is 3.74. The van der Waals surface area contributed by atoms with Gasteiger partial charge in [0.2, 0.25) is 5.91 Å². The molecular formula is C14H23NO6. The monoisotopic (exact) mass is 301 g/mol. The van der Waals surface area contributed by atoms with E-state index in [2.05, 4.69) is 16.6 Å². The standard InChI is InChI=1S/C14H23NO6/c1-5-13(17)19-7-6-12(16)15-8-14(18)21-11(4)20-9-10(2)3/h5,10-11H,1,6-9H2,2-4H3,(H,15,16). The quantitative estimate of drug-likeness (QED) is 0.364. The van der Waals surface area contributed by atoms with Crippen molar-refractivity contribution in [3.8, 4) is 0 Å². The van der Waals surface area contributed by atoms with Crippen LogP contribution in [0.2, 0.25) is 0 Å². The van der Waals surface area contributed by atoms with E-state index in [1.807, 2.05) is 13.8 Å². The molecule has 0 spiro atoms. The fourth-order valence-electron chi connectivity index (χ4n) is 1.15. The summed E-state index contributed by atoms with van der Waals surface area (Å²) >= 11 is 0. The summed E-state index contributed by atoms with van der Waals surface area (Å²) < 4.78 is 14.8. The van der Waals surface area contributed by atoms with Crippen molar-refractivity contribution in [2.24, 2.45) is 5.92 Å². The third-order valence-electron chi connectivity index (χ3n) is 2.13. The van der Waals surface area contributed by atoms with Gasteiger partial charge in [0, 0.05) is 6.08 Å². The maximum atomic E-state index is 11.4. The van der Waals surface area contributed by atoms with E-state index in [9.17, 15) is 14.4 Å². The average Bonchev–Trinajstić information content (AvgIpc) is 2.42. The summed E-state index contributed by atoms with van der Waals surface area (Å²) in [5, 5.41) is 2.36. The first kappa shape index (κ1) is 19.1. The average molecular weight is 301 g/mol. The second kappa shape index (κ2) is 10.8. The van der Waals surface area contributed by atoms with E-state index >= 15 is 0 Å². The molecule has 0 bridgehead atoms. The van der Waals surface area contributed by atoms with Crippen molar-refractivity contribution in [2.45, 2.75) is 33.5 Å². The largest absolute Gasteiger partial charge is 0.462 e. The molecule has 1 N–H and O–H groups in total. The number of ether oxygens (including phenoxy) is 3. The fourth-order valence-corrected chi connectivity index (χ4v) is 1.15. The van der Waals surface area contributed by atoms with Gasteiger partial charge >= 0.3 is 11.9 Å². The molecule has 0 aliphatic carbocycles. The van der Waals surface area contributed by atoms with Crippen LogP contribution in [0.3, 0.4) is 0 Å². The van der Waals surface area contributed by atoms with E-state index < -0.39 is 24.1 Å². The van der Waals surface area contributed by atoms with Gasteiger partial charge in [-0.15, -0.1) is 0 Å². The predicted molar refractivity (Wildman–Crippen MR) is 75.1 cm³/mol. The van der Waals surface area contributed by atoms with Crippen LogP contribution in [0.15, 0.2) is 12.7 Å². The molecule has 0 aromatic heterocycles. The lowest BCUT2D eigenvalue weighted by Gasteiger charge is -2.15. The van der Waals surface area contributed by atoms with Crippen LogP contribution in [0.25, 0.3) is 0 Å². The summed E-state index contributed by atoms with van der Waals surface area (Å²) in [4.78, 5) is 33.5. The van der Waals surface area contributed by atoms with Gasteiger partial charge in [0.05, 0.1) is 13.0 Å². The Kier molecular flexibility index (Phi) is 9.87. The van der Waals surface area contributed by atoms with Crippen molar-refractivity contribution in [3.05, 3.63) is 12.7 Å². The molecule has 0 rings (SSSR count). The van der Waals surface area contributed by atoms with Crippen LogP contribution < -0.4 is 5.32 Å². The maximum absolute atomic E-state index is 11.4. The molecule has 0 radical (unpaired) electrons. The van der Waals surface area contributed by atoms with E-state index in [0.717, 1.165) is 6.08 Å². The lowest BCUT2D eigenvalue weighted by atomic mass is 10.2. The van der Waals surface area contributed by atoms with Crippen molar-refractivity contribution in [2.75, 3.05) is 19.8 Å². The summed E-state index contributed by atoms with van der Waals surface area (Å²) in [6.07, 6.45) is 0.311. The number of nitrogens with one attached hydrogen (secondary N) is 1. The Morgan fingerprint density at radius 1 is 1.24 bits per heavy atom. The number of hydrogen-bond acceptors (Lipinski definition) is 6. The Bertz CT molecular complexity index is 366. The topological polar surface area (TPSA) is 90.9 Å². The molecule has 0 saturated heterocycles. The highest BCUT2D eigenvalue weighted by atomic mass is 16.7. The molecule has 0 saturated carbocycles. The summed E-state index contributed by atoms with van der Waals surface area (Å²) in [6.45, 7) is 8.94. The summed E-state index contributed by atoms with van der Waals surface area (Å²) in [5.41, 5.74) is 0. The van der Waals surface area contributed by atoms with Crippen molar-refractivity contribution >= 4 is 17.8 Å². The zero-order valence-electron chi connectivity index (χ0n) is 12.7. The molecule has 0 aliphatic heterocycles. The highest BCUT2D eigenvalue weighted by Gasteiger charge is 2.12. The molecule has 0 aromatic carbocycles. The zero-order chi connectivity index (χ0) is 16.3. The van der Waals surface area contributed by atoms with E-state index in [1.54, 1.807) is 6.92 Å². The van der Waals surface area contributed by atoms with Crippen LogP contribution in [0.4, 0.5) is 0 Å². The third kappa shape index (κ3) is 11.6. The van der Waals surface area contributed by atoms with E-state index in [4.69, 9.17) is 9.47 Å². The van der Waals surface area contributed by atoms with Crippen molar-refractivity contribution in [3.63, 3.8) is 0 Å². The Labute approximate surface area is 124 Å². The first-order valence-electron chi connectivity index (χ1n) is 6.72. The number of carbonyl (C=O) groups is 3. The van der Waals surface area contributed by atoms with Gasteiger partial charge in [-0.1, -0.05) is 20.4 Å². The van der Waals surface area contributed by atoms with Crippen molar-refractivity contribution < 1.29 is 28.6 Å². The second-order valence-corrected chi connectivity index (χ2v) is 4.68. The second-order valence-electron chi connectivity index (χ2n) is 4.68. The van der Waals surface area contributed by atoms with Crippen molar-refractivity contribution in [1.82, 2.24) is 5.32 Å². The molecular weight excluding hydrogens is 278 g/mol. The molecule has 7 nitrogen and oxygen atoms in total.